The zero-order chi connectivity index (χ0) is 22.8. The van der Waals surface area contributed by atoms with Crippen LogP contribution >= 0.6 is 11.8 Å². The van der Waals surface area contributed by atoms with Gasteiger partial charge in [0.15, 0.2) is 5.16 Å². The van der Waals surface area contributed by atoms with Crippen molar-refractivity contribution in [3.63, 3.8) is 0 Å². The third-order valence-electron chi connectivity index (χ3n) is 4.94. The first-order valence-electron chi connectivity index (χ1n) is 9.89. The van der Waals surface area contributed by atoms with Crippen LogP contribution in [-0.4, -0.2) is 35.6 Å². The van der Waals surface area contributed by atoms with Gasteiger partial charge in [-0.1, -0.05) is 26.0 Å². The van der Waals surface area contributed by atoms with Crippen LogP contribution in [0.3, 0.4) is 0 Å². The molecule has 164 valence electrons. The number of hydrogen-bond donors (Lipinski definition) is 2. The summed E-state index contributed by atoms with van der Waals surface area (Å²) in [6.45, 7) is 3.95. The first-order valence-corrected chi connectivity index (χ1v) is 10.7. The molecule has 0 spiro atoms. The molecule has 4 aromatic rings. The molecule has 0 saturated carbocycles. The second-order valence-corrected chi connectivity index (χ2v) is 8.61. The van der Waals surface area contributed by atoms with Gasteiger partial charge in [-0.3, -0.25) is 14.9 Å². The number of aromatic nitrogens is 5. The van der Waals surface area contributed by atoms with Crippen molar-refractivity contribution in [2.24, 2.45) is 13.0 Å². The van der Waals surface area contributed by atoms with Crippen LogP contribution in [-0.2, 0) is 7.05 Å². The molecule has 2 aromatic carbocycles. The van der Waals surface area contributed by atoms with Crippen LogP contribution in [0.25, 0.3) is 11.0 Å². The molecule has 1 amide bonds. The Morgan fingerprint density at radius 2 is 2.03 bits per heavy atom. The number of rotatable bonds is 7. The number of nitro groups is 1. The van der Waals surface area contributed by atoms with Crippen LogP contribution in [0, 0.1) is 16.0 Å². The molecule has 0 saturated heterocycles. The molecule has 2 heterocycles. The van der Waals surface area contributed by atoms with E-state index < -0.39 is 10.8 Å². The lowest BCUT2D eigenvalue weighted by Crippen LogP contribution is -2.32. The number of nitrogens with one attached hydrogen (secondary N) is 2. The lowest BCUT2D eigenvalue weighted by Gasteiger charge is -2.20. The fourth-order valence-electron chi connectivity index (χ4n) is 3.25. The molecule has 0 aliphatic rings. The Labute approximate surface area is 187 Å². The van der Waals surface area contributed by atoms with Crippen LogP contribution in [0.15, 0.2) is 58.8 Å². The van der Waals surface area contributed by atoms with Gasteiger partial charge in [0.25, 0.3) is 11.6 Å². The predicted molar refractivity (Wildman–Crippen MR) is 119 cm³/mol. The Bertz CT molecular complexity index is 1260. The molecule has 10 nitrogen and oxygen atoms in total. The second-order valence-electron chi connectivity index (χ2n) is 7.60. The van der Waals surface area contributed by atoms with Crippen molar-refractivity contribution in [1.29, 1.82) is 0 Å². The number of carbonyl (C=O) groups is 1. The highest BCUT2D eigenvalue weighted by molar-refractivity contribution is 7.99. The minimum Gasteiger partial charge on any atom is -0.342 e. The molecule has 1 atom stereocenters. The number of amides is 1. The number of benzene rings is 2. The molecule has 0 bridgehead atoms. The summed E-state index contributed by atoms with van der Waals surface area (Å²) in [4.78, 5) is 32.4. The van der Waals surface area contributed by atoms with Crippen LogP contribution in [0.1, 0.15) is 36.1 Å². The van der Waals surface area contributed by atoms with E-state index in [1.54, 1.807) is 23.7 Å². The van der Waals surface area contributed by atoms with E-state index >= 15 is 0 Å². The van der Waals surface area contributed by atoms with Gasteiger partial charge in [-0.05, 0) is 41.9 Å². The van der Waals surface area contributed by atoms with Crippen LogP contribution in [0.5, 0.6) is 0 Å². The third-order valence-corrected chi connectivity index (χ3v) is 6.06. The third kappa shape index (κ3) is 4.33. The maximum atomic E-state index is 13.0. The minimum absolute atomic E-state index is 0.0419. The average molecular weight is 452 g/mol. The van der Waals surface area contributed by atoms with Crippen molar-refractivity contribution in [2.75, 3.05) is 0 Å². The number of aromatic amines is 1. The van der Waals surface area contributed by atoms with Crippen LogP contribution in [0.2, 0.25) is 0 Å². The van der Waals surface area contributed by atoms with Crippen LogP contribution in [0.4, 0.5) is 5.69 Å². The van der Waals surface area contributed by atoms with E-state index in [1.165, 1.54) is 12.4 Å². The molecule has 0 fully saturated rings. The summed E-state index contributed by atoms with van der Waals surface area (Å²) in [7, 11) is 1.75. The number of H-pyrrole nitrogens is 1. The maximum Gasteiger partial charge on any atom is 0.284 e. The summed E-state index contributed by atoms with van der Waals surface area (Å²) in [6, 6.07) is 11.6. The number of nitrogens with zero attached hydrogens (tertiary/aromatic N) is 5. The SMILES string of the molecule is CC(C)[C@H](NC(=O)c1ccc(Sc2nncn2C)c([N+](=O)[O-])c1)c1nc2ccccc2[nH]1. The van der Waals surface area contributed by atoms with Crippen molar-refractivity contribution in [1.82, 2.24) is 30.0 Å². The van der Waals surface area contributed by atoms with E-state index in [9.17, 15) is 14.9 Å². The van der Waals surface area contributed by atoms with Gasteiger partial charge in [-0.2, -0.15) is 0 Å². The molecule has 32 heavy (non-hydrogen) atoms. The molecule has 0 aliphatic carbocycles. The zero-order valence-electron chi connectivity index (χ0n) is 17.6. The Hall–Kier alpha value is -3.73. The summed E-state index contributed by atoms with van der Waals surface area (Å²) in [5, 5.41) is 22.9. The first-order chi connectivity index (χ1) is 15.3. The standard InChI is InChI=1S/C21H21N7O3S/c1-12(2)18(19-23-14-6-4-5-7-15(14)24-19)25-20(29)13-8-9-17(16(10-13)28(30)31)32-21-26-22-11-27(21)3/h4-12,18H,1-3H3,(H,23,24)(H,25,29)/t18-/m0/s1. The van der Waals surface area contributed by atoms with E-state index in [4.69, 9.17) is 0 Å². The van der Waals surface area contributed by atoms with Gasteiger partial charge in [-0.15, -0.1) is 10.2 Å². The fourth-order valence-corrected chi connectivity index (χ4v) is 4.10. The van der Waals surface area contributed by atoms with Crippen molar-refractivity contribution < 1.29 is 9.72 Å². The van der Waals surface area contributed by atoms with Gasteiger partial charge in [-0.25, -0.2) is 4.98 Å². The van der Waals surface area contributed by atoms with E-state index in [0.717, 1.165) is 22.8 Å². The summed E-state index contributed by atoms with van der Waals surface area (Å²) in [5.74, 6) is 0.265. The smallest absolute Gasteiger partial charge is 0.284 e. The van der Waals surface area contributed by atoms with Crippen molar-refractivity contribution in [3.05, 3.63) is 70.3 Å². The summed E-state index contributed by atoms with van der Waals surface area (Å²) < 4.78 is 1.66. The molecular weight excluding hydrogens is 430 g/mol. The fraction of sp³-hybridized carbons (Fsp3) is 0.238. The molecule has 11 heteroatoms. The average Bonchev–Trinajstić information content (AvgIpc) is 3.37. The Balaban J connectivity index is 1.60. The summed E-state index contributed by atoms with van der Waals surface area (Å²) >= 11 is 1.12. The van der Waals surface area contributed by atoms with Gasteiger partial charge in [0, 0.05) is 18.7 Å². The van der Waals surface area contributed by atoms with Crippen molar-refractivity contribution >= 4 is 34.4 Å². The van der Waals surface area contributed by atoms with Crippen molar-refractivity contribution in [3.8, 4) is 0 Å². The molecule has 2 N–H and O–H groups in total. The topological polar surface area (TPSA) is 132 Å². The number of carbonyl (C=O) groups excluding carboxylic acids is 1. The molecule has 4 rings (SSSR count). The molecule has 0 unspecified atom stereocenters. The summed E-state index contributed by atoms with van der Waals surface area (Å²) in [5.41, 5.74) is 1.71. The van der Waals surface area contributed by atoms with E-state index in [1.807, 2.05) is 38.1 Å². The van der Waals surface area contributed by atoms with E-state index in [0.29, 0.717) is 15.9 Å². The lowest BCUT2D eigenvalue weighted by molar-refractivity contribution is -0.387. The van der Waals surface area contributed by atoms with Gasteiger partial charge in [0.05, 0.1) is 26.9 Å². The first kappa shape index (κ1) is 21.5. The summed E-state index contributed by atoms with van der Waals surface area (Å²) in [6.07, 6.45) is 1.51. The number of imidazole rings is 1. The minimum atomic E-state index is -0.505. The van der Waals surface area contributed by atoms with Gasteiger partial charge >= 0.3 is 0 Å². The number of nitro benzene ring substituents is 1. The Morgan fingerprint density at radius 1 is 1.25 bits per heavy atom. The van der Waals surface area contributed by atoms with Gasteiger partial charge in [0.2, 0.25) is 0 Å². The molecule has 0 radical (unpaired) electrons. The van der Waals surface area contributed by atoms with E-state index in [2.05, 4.69) is 25.5 Å². The highest BCUT2D eigenvalue weighted by Gasteiger charge is 2.25. The second kappa shape index (κ2) is 8.79. The number of para-hydroxylation sites is 2. The normalized spacial score (nSPS) is 12.2. The van der Waals surface area contributed by atoms with Crippen LogP contribution < -0.4 is 5.32 Å². The lowest BCUT2D eigenvalue weighted by atomic mass is 10.0. The zero-order valence-corrected chi connectivity index (χ0v) is 18.5. The number of hydrogen-bond acceptors (Lipinski definition) is 7. The largest absolute Gasteiger partial charge is 0.342 e. The molecule has 0 aliphatic heterocycles. The van der Waals surface area contributed by atoms with E-state index in [-0.39, 0.29) is 23.2 Å². The highest BCUT2D eigenvalue weighted by atomic mass is 32.2. The number of aryl methyl sites for hydroxylation is 1. The molecular formula is C21H21N7O3S. The van der Waals surface area contributed by atoms with Crippen molar-refractivity contribution in [2.45, 2.75) is 29.9 Å². The molecule has 2 aromatic heterocycles. The Kier molecular flexibility index (Phi) is 5.91. The maximum absolute atomic E-state index is 13.0. The highest BCUT2D eigenvalue weighted by Crippen LogP contribution is 2.34. The van der Waals surface area contributed by atoms with Gasteiger partial charge < -0.3 is 14.9 Å². The quantitative estimate of drug-likeness (QED) is 0.322. The predicted octanol–water partition coefficient (Wildman–Crippen LogP) is 3.88. The number of fused-ring (bicyclic) bond motifs is 1. The van der Waals surface area contributed by atoms with Gasteiger partial charge in [0.1, 0.15) is 12.2 Å². The monoisotopic (exact) mass is 451 g/mol. The Morgan fingerprint density at radius 3 is 2.69 bits per heavy atom.